The molecule has 0 bridgehead atoms. The Labute approximate surface area is 626 Å². The summed E-state index contributed by atoms with van der Waals surface area (Å²) in [7, 11) is -9.92. The van der Waals surface area contributed by atoms with Crippen LogP contribution in [0.25, 0.3) is 0 Å². The largest absolute Gasteiger partial charge is 0.472 e. The van der Waals surface area contributed by atoms with E-state index in [0.29, 0.717) is 25.7 Å². The lowest BCUT2D eigenvalue weighted by Crippen LogP contribution is -2.30. The molecule has 606 valence electrons. The molecule has 0 radical (unpaired) electrons. The molecule has 0 aliphatic heterocycles. The third kappa shape index (κ3) is 76.3. The van der Waals surface area contributed by atoms with Gasteiger partial charge >= 0.3 is 39.5 Å². The number of phosphoric ester groups is 2. The third-order valence-corrected chi connectivity index (χ3v) is 21.4. The van der Waals surface area contributed by atoms with Crippen LogP contribution < -0.4 is 0 Å². The van der Waals surface area contributed by atoms with Gasteiger partial charge in [-0.2, -0.15) is 0 Å². The number of hydrogen-bond acceptors (Lipinski definition) is 15. The van der Waals surface area contributed by atoms with Crippen LogP contribution in [0.5, 0.6) is 0 Å². The molecule has 19 heteroatoms. The van der Waals surface area contributed by atoms with Crippen LogP contribution in [0.2, 0.25) is 0 Å². The van der Waals surface area contributed by atoms with E-state index < -0.39 is 97.5 Å². The predicted molar refractivity (Wildman–Crippen MR) is 418 cm³/mol. The second-order valence-electron chi connectivity index (χ2n) is 30.8. The highest BCUT2D eigenvalue weighted by atomic mass is 31.2. The molecule has 0 aliphatic rings. The van der Waals surface area contributed by atoms with Crippen LogP contribution in [-0.4, -0.2) is 96.7 Å². The highest BCUT2D eigenvalue weighted by molar-refractivity contribution is 7.47. The van der Waals surface area contributed by atoms with Crippen molar-refractivity contribution in [2.75, 3.05) is 39.6 Å². The lowest BCUT2D eigenvalue weighted by molar-refractivity contribution is -0.161. The van der Waals surface area contributed by atoms with Crippen LogP contribution >= 0.6 is 15.6 Å². The third-order valence-electron chi connectivity index (χ3n) is 19.5. The summed E-state index contributed by atoms with van der Waals surface area (Å²) < 4.78 is 68.8. The van der Waals surface area contributed by atoms with Crippen LogP contribution in [0, 0.1) is 11.8 Å². The van der Waals surface area contributed by atoms with E-state index in [0.717, 1.165) is 102 Å². The molecule has 17 nitrogen and oxygen atoms in total. The monoisotopic (exact) mass is 1490 g/mol. The van der Waals surface area contributed by atoms with E-state index in [-0.39, 0.29) is 25.7 Å². The number of unbranched alkanes of at least 4 members (excludes halogenated alkanes) is 52. The van der Waals surface area contributed by atoms with Gasteiger partial charge in [-0.15, -0.1) is 0 Å². The number of rotatable bonds is 82. The number of esters is 4. The highest BCUT2D eigenvalue weighted by Gasteiger charge is 2.30. The fourth-order valence-electron chi connectivity index (χ4n) is 12.9. The summed E-state index contributed by atoms with van der Waals surface area (Å²) in [5.74, 6) is -0.484. The van der Waals surface area contributed by atoms with Gasteiger partial charge in [0.15, 0.2) is 12.2 Å². The molecule has 102 heavy (non-hydrogen) atoms. The van der Waals surface area contributed by atoms with Gasteiger partial charge in [0.05, 0.1) is 26.4 Å². The number of aliphatic hydroxyl groups excluding tert-OH is 1. The van der Waals surface area contributed by atoms with E-state index in [1.807, 2.05) is 0 Å². The molecule has 0 saturated heterocycles. The zero-order chi connectivity index (χ0) is 74.9. The summed E-state index contributed by atoms with van der Waals surface area (Å²) in [4.78, 5) is 73.1. The van der Waals surface area contributed by atoms with Crippen LogP contribution in [-0.2, 0) is 65.4 Å². The van der Waals surface area contributed by atoms with Gasteiger partial charge < -0.3 is 33.8 Å². The number of carbonyl (C=O) groups is 4. The maximum Gasteiger partial charge on any atom is 0.472 e. The zero-order valence-corrected chi connectivity index (χ0v) is 68.7. The van der Waals surface area contributed by atoms with Gasteiger partial charge in [-0.25, -0.2) is 9.13 Å². The summed E-state index contributed by atoms with van der Waals surface area (Å²) in [6.07, 6.45) is 65.2. The van der Waals surface area contributed by atoms with Gasteiger partial charge in [0, 0.05) is 25.7 Å². The van der Waals surface area contributed by atoms with Crippen LogP contribution in [0.4, 0.5) is 0 Å². The standard InChI is InChI=1S/C83H162O17P2/c1-7-9-11-13-15-17-18-19-24-32-37-43-49-55-61-67-82(87)99-78(71-93-80(85)65-59-53-47-39-16-14-12-10-8-2)73-97-101(89,90)95-69-77(84)70-96-102(91,92)98-74-79(100-83(88)68-62-56-50-44-38-33-28-23-21-26-30-35-41-46-52-58-64-76(5)6)72-94-81(86)66-60-54-48-42-36-31-27-22-20-25-29-34-40-45-51-57-63-75(3)4/h75-79,84H,7-74H2,1-6H3,(H,89,90)(H,91,92)/t77-,78+,79+/m0/s1. The van der Waals surface area contributed by atoms with Crippen molar-refractivity contribution < 1.29 is 80.2 Å². The molecule has 0 spiro atoms. The summed E-state index contributed by atoms with van der Waals surface area (Å²) in [6.45, 7) is 9.70. The minimum Gasteiger partial charge on any atom is -0.462 e. The highest BCUT2D eigenvalue weighted by Crippen LogP contribution is 2.45. The van der Waals surface area contributed by atoms with Gasteiger partial charge in [0.2, 0.25) is 0 Å². The van der Waals surface area contributed by atoms with Crippen molar-refractivity contribution in [1.82, 2.24) is 0 Å². The summed E-state index contributed by atoms with van der Waals surface area (Å²) in [5, 5.41) is 10.6. The second-order valence-corrected chi connectivity index (χ2v) is 33.7. The molecular weight excluding hydrogens is 1330 g/mol. The minimum absolute atomic E-state index is 0.108. The molecule has 0 aromatic heterocycles. The fourth-order valence-corrected chi connectivity index (χ4v) is 14.5. The first-order valence-electron chi connectivity index (χ1n) is 43.0. The summed E-state index contributed by atoms with van der Waals surface area (Å²) in [5.41, 5.74) is 0. The van der Waals surface area contributed by atoms with Crippen molar-refractivity contribution in [3.05, 3.63) is 0 Å². The maximum absolute atomic E-state index is 13.1. The van der Waals surface area contributed by atoms with Crippen LogP contribution in [0.3, 0.4) is 0 Å². The maximum atomic E-state index is 13.1. The van der Waals surface area contributed by atoms with E-state index in [1.165, 1.54) is 257 Å². The Morgan fingerprint density at radius 2 is 0.451 bits per heavy atom. The molecule has 0 aromatic carbocycles. The Kier molecular flexibility index (Phi) is 73.1. The van der Waals surface area contributed by atoms with Gasteiger partial charge in [-0.05, 0) is 37.5 Å². The molecule has 0 rings (SSSR count). The van der Waals surface area contributed by atoms with Gasteiger partial charge in [-0.3, -0.25) is 37.3 Å². The van der Waals surface area contributed by atoms with E-state index >= 15 is 0 Å². The second kappa shape index (κ2) is 74.5. The van der Waals surface area contributed by atoms with Crippen LogP contribution in [0.15, 0.2) is 0 Å². The van der Waals surface area contributed by atoms with Crippen molar-refractivity contribution in [1.29, 1.82) is 0 Å². The average Bonchev–Trinajstić information content (AvgIpc) is 0.917. The first-order chi connectivity index (χ1) is 49.4. The molecule has 3 N–H and O–H groups in total. The van der Waals surface area contributed by atoms with E-state index in [2.05, 4.69) is 41.5 Å². The van der Waals surface area contributed by atoms with Crippen LogP contribution in [0.1, 0.15) is 440 Å². The van der Waals surface area contributed by atoms with E-state index in [9.17, 15) is 43.2 Å². The van der Waals surface area contributed by atoms with Crippen molar-refractivity contribution in [2.45, 2.75) is 458 Å². The SMILES string of the molecule is CCCCCCCCCCCCCCCCCC(=O)O[C@H](COC(=O)CCCCCCCCCCC)COP(=O)(O)OC[C@H](O)COP(=O)(O)OC[C@@H](COC(=O)CCCCCCCCCCCCCCCCCCC(C)C)OC(=O)CCCCCCCCCCCCCCCCCCC(C)C. The molecule has 0 aliphatic carbocycles. The molecule has 0 amide bonds. The Hall–Kier alpha value is -1.94. The van der Waals surface area contributed by atoms with Gasteiger partial charge in [-0.1, -0.05) is 388 Å². The Balaban J connectivity index is 5.21. The lowest BCUT2D eigenvalue weighted by atomic mass is 10.0. The lowest BCUT2D eigenvalue weighted by Gasteiger charge is -2.21. The molecule has 2 unspecified atom stereocenters. The Morgan fingerprint density at radius 3 is 0.667 bits per heavy atom. The number of phosphoric acid groups is 2. The minimum atomic E-state index is -4.96. The first kappa shape index (κ1) is 100. The van der Waals surface area contributed by atoms with Crippen molar-refractivity contribution in [3.8, 4) is 0 Å². The van der Waals surface area contributed by atoms with Gasteiger partial charge in [0.25, 0.3) is 0 Å². The fraction of sp³-hybridized carbons (Fsp3) is 0.952. The molecule has 5 atom stereocenters. The number of aliphatic hydroxyl groups is 1. The average molecular weight is 1490 g/mol. The Morgan fingerprint density at radius 1 is 0.265 bits per heavy atom. The normalized spacial score (nSPS) is 13.9. The summed E-state index contributed by atoms with van der Waals surface area (Å²) in [6, 6.07) is 0. The van der Waals surface area contributed by atoms with E-state index in [4.69, 9.17) is 37.0 Å². The quantitative estimate of drug-likeness (QED) is 0.0222. The Bertz CT molecular complexity index is 1960. The van der Waals surface area contributed by atoms with Crippen molar-refractivity contribution in [2.24, 2.45) is 11.8 Å². The summed E-state index contributed by atoms with van der Waals surface area (Å²) >= 11 is 0. The van der Waals surface area contributed by atoms with Crippen molar-refractivity contribution in [3.63, 3.8) is 0 Å². The van der Waals surface area contributed by atoms with Gasteiger partial charge in [0.1, 0.15) is 19.3 Å². The number of hydrogen-bond donors (Lipinski definition) is 3. The van der Waals surface area contributed by atoms with Crippen molar-refractivity contribution >= 4 is 39.5 Å². The topological polar surface area (TPSA) is 237 Å². The molecule has 0 heterocycles. The van der Waals surface area contributed by atoms with E-state index in [1.54, 1.807) is 0 Å². The smallest absolute Gasteiger partial charge is 0.462 e. The number of carbonyl (C=O) groups excluding carboxylic acids is 4. The first-order valence-corrected chi connectivity index (χ1v) is 46.0. The molecule has 0 fully saturated rings. The number of ether oxygens (including phenoxy) is 4. The predicted octanol–water partition coefficient (Wildman–Crippen LogP) is 25.1. The zero-order valence-electron chi connectivity index (χ0n) is 66.9. The molecular formula is C83H162O17P2. The molecule has 0 saturated carbocycles. The molecule has 0 aromatic rings.